The van der Waals surface area contributed by atoms with Crippen LogP contribution >= 0.6 is 11.3 Å². The molecule has 6 heteroatoms. The number of hydrogen-bond acceptors (Lipinski definition) is 3. The van der Waals surface area contributed by atoms with Gasteiger partial charge in [0.05, 0.1) is 5.56 Å². The van der Waals surface area contributed by atoms with Crippen LogP contribution < -0.4 is 4.90 Å². The minimum Gasteiger partial charge on any atom is -0.353 e. The van der Waals surface area contributed by atoms with E-state index in [-0.39, 0.29) is 0 Å². The van der Waals surface area contributed by atoms with E-state index >= 15 is 0 Å². The van der Waals surface area contributed by atoms with Crippen LogP contribution in [-0.4, -0.2) is 18.1 Å². The molecule has 2 nitrogen and oxygen atoms in total. The van der Waals surface area contributed by atoms with Crippen molar-refractivity contribution in [3.63, 3.8) is 0 Å². The van der Waals surface area contributed by atoms with Crippen LogP contribution in [0, 0.1) is 0 Å². The first-order chi connectivity index (χ1) is 10.0. The van der Waals surface area contributed by atoms with Gasteiger partial charge < -0.3 is 4.90 Å². The third-order valence-corrected chi connectivity index (χ3v) is 4.39. The summed E-state index contributed by atoms with van der Waals surface area (Å²) in [5, 5.41) is 2.04. The van der Waals surface area contributed by atoms with Crippen LogP contribution in [0.15, 0.2) is 41.9 Å². The largest absolute Gasteiger partial charge is 0.417 e. The number of thiophene rings is 1. The van der Waals surface area contributed by atoms with Crippen molar-refractivity contribution in [3.05, 3.63) is 52.4 Å². The van der Waals surface area contributed by atoms with E-state index in [1.54, 1.807) is 11.3 Å². The zero-order valence-electron chi connectivity index (χ0n) is 11.1. The van der Waals surface area contributed by atoms with Crippen molar-refractivity contribution in [2.75, 3.05) is 18.0 Å². The zero-order valence-corrected chi connectivity index (χ0v) is 11.9. The van der Waals surface area contributed by atoms with Crippen LogP contribution in [-0.2, 0) is 6.18 Å². The second-order valence-corrected chi connectivity index (χ2v) is 5.75. The number of hydrogen-bond donors (Lipinski definition) is 0. The Bertz CT molecular complexity index is 630. The zero-order chi connectivity index (χ0) is 14.9. The Morgan fingerprint density at radius 2 is 2.05 bits per heavy atom. The minimum absolute atomic E-state index is 0.587. The molecule has 1 aliphatic heterocycles. The maximum atomic E-state index is 12.5. The minimum atomic E-state index is -4.33. The van der Waals surface area contributed by atoms with Gasteiger partial charge in [-0.3, -0.25) is 0 Å². The van der Waals surface area contributed by atoms with Crippen LogP contribution in [0.2, 0.25) is 0 Å². The van der Waals surface area contributed by atoms with Gasteiger partial charge in [-0.05, 0) is 35.6 Å². The molecule has 2 aromatic heterocycles. The molecule has 0 aromatic carbocycles. The Morgan fingerprint density at radius 3 is 2.57 bits per heavy atom. The average Bonchev–Trinajstić information content (AvgIpc) is 3.01. The molecule has 0 atom stereocenters. The third kappa shape index (κ3) is 3.10. The van der Waals surface area contributed by atoms with Crippen molar-refractivity contribution >= 4 is 22.7 Å². The lowest BCUT2D eigenvalue weighted by Crippen LogP contribution is -2.29. The number of aromatic nitrogens is 1. The number of rotatable bonds is 2. The van der Waals surface area contributed by atoms with E-state index in [1.807, 2.05) is 16.3 Å². The van der Waals surface area contributed by atoms with E-state index in [2.05, 4.69) is 17.1 Å². The van der Waals surface area contributed by atoms with E-state index in [0.29, 0.717) is 12.4 Å². The summed E-state index contributed by atoms with van der Waals surface area (Å²) >= 11 is 1.70. The summed E-state index contributed by atoms with van der Waals surface area (Å²) < 4.78 is 37.5. The quantitative estimate of drug-likeness (QED) is 0.814. The molecule has 3 rings (SSSR count). The van der Waals surface area contributed by atoms with E-state index < -0.39 is 11.7 Å². The molecule has 1 aliphatic rings. The highest BCUT2D eigenvalue weighted by atomic mass is 32.1. The van der Waals surface area contributed by atoms with Gasteiger partial charge >= 0.3 is 6.18 Å². The molecule has 0 N–H and O–H groups in total. The summed E-state index contributed by atoms with van der Waals surface area (Å²) in [5.41, 5.74) is 0.589. The van der Waals surface area contributed by atoms with Crippen LogP contribution in [0.1, 0.15) is 16.9 Å². The van der Waals surface area contributed by atoms with Gasteiger partial charge in [-0.2, -0.15) is 13.2 Å². The SMILES string of the molecule is FC(F)(F)c1ccc(N2CC=C(c3cccs3)CC2)nc1. The molecular weight excluding hydrogens is 297 g/mol. The van der Waals surface area contributed by atoms with Gasteiger partial charge in [-0.1, -0.05) is 12.1 Å². The normalized spacial score (nSPS) is 16.0. The van der Waals surface area contributed by atoms with Crippen molar-refractivity contribution in [3.8, 4) is 0 Å². The molecule has 21 heavy (non-hydrogen) atoms. The molecule has 0 fully saturated rings. The molecular formula is C15H13F3N2S. The summed E-state index contributed by atoms with van der Waals surface area (Å²) in [5.74, 6) is 0.587. The van der Waals surface area contributed by atoms with Crippen molar-refractivity contribution in [1.29, 1.82) is 0 Å². The first kappa shape index (κ1) is 14.1. The Labute approximate surface area is 124 Å². The lowest BCUT2D eigenvalue weighted by molar-refractivity contribution is -0.137. The molecule has 0 spiro atoms. The summed E-state index contributed by atoms with van der Waals surface area (Å²) in [4.78, 5) is 7.18. The van der Waals surface area contributed by atoms with Crippen molar-refractivity contribution < 1.29 is 13.2 Å². The number of halogens is 3. The van der Waals surface area contributed by atoms with Gasteiger partial charge in [0, 0.05) is 24.2 Å². The lowest BCUT2D eigenvalue weighted by Gasteiger charge is -2.27. The number of alkyl halides is 3. The summed E-state index contributed by atoms with van der Waals surface area (Å²) in [6, 6.07) is 6.63. The average molecular weight is 310 g/mol. The predicted octanol–water partition coefficient (Wildman–Crippen LogP) is 4.46. The fraction of sp³-hybridized carbons (Fsp3) is 0.267. The van der Waals surface area contributed by atoms with Crippen molar-refractivity contribution in [2.45, 2.75) is 12.6 Å². The monoisotopic (exact) mass is 310 g/mol. The molecule has 0 bridgehead atoms. The van der Waals surface area contributed by atoms with Gasteiger partial charge in [0.2, 0.25) is 0 Å². The van der Waals surface area contributed by atoms with E-state index in [4.69, 9.17) is 0 Å². The predicted molar refractivity (Wildman–Crippen MR) is 78.4 cm³/mol. The molecule has 0 saturated heterocycles. The summed E-state index contributed by atoms with van der Waals surface area (Å²) in [6.07, 6.45) is -0.439. The number of anilines is 1. The Balaban J connectivity index is 1.72. The highest BCUT2D eigenvalue weighted by Crippen LogP contribution is 2.31. The van der Waals surface area contributed by atoms with Crippen molar-refractivity contribution in [2.24, 2.45) is 0 Å². The first-order valence-electron chi connectivity index (χ1n) is 6.55. The molecule has 0 radical (unpaired) electrons. The number of pyridine rings is 1. The maximum absolute atomic E-state index is 12.5. The third-order valence-electron chi connectivity index (χ3n) is 3.45. The number of nitrogens with zero attached hydrogens (tertiary/aromatic N) is 2. The van der Waals surface area contributed by atoms with Crippen molar-refractivity contribution in [1.82, 2.24) is 4.98 Å². The van der Waals surface area contributed by atoms with Crippen LogP contribution in [0.5, 0.6) is 0 Å². The molecule has 0 unspecified atom stereocenters. The van der Waals surface area contributed by atoms with Crippen LogP contribution in [0.4, 0.5) is 19.0 Å². The Hall–Kier alpha value is -1.82. The van der Waals surface area contributed by atoms with E-state index in [0.717, 1.165) is 25.2 Å². The summed E-state index contributed by atoms with van der Waals surface area (Å²) in [7, 11) is 0. The molecule has 0 amide bonds. The van der Waals surface area contributed by atoms with Crippen LogP contribution in [0.25, 0.3) is 5.57 Å². The second kappa shape index (κ2) is 5.52. The standard InChI is InChI=1S/C15H13F3N2S/c16-15(17,18)12-3-4-14(19-10-12)20-7-5-11(6-8-20)13-2-1-9-21-13/h1-5,9-10H,6-8H2. The second-order valence-electron chi connectivity index (χ2n) is 4.81. The molecule has 2 aromatic rings. The fourth-order valence-corrected chi connectivity index (χ4v) is 3.10. The Kier molecular flexibility index (Phi) is 3.71. The molecule has 0 saturated carbocycles. The van der Waals surface area contributed by atoms with Gasteiger partial charge in [-0.15, -0.1) is 11.3 Å². The van der Waals surface area contributed by atoms with Gasteiger partial charge in [-0.25, -0.2) is 4.98 Å². The van der Waals surface area contributed by atoms with Crippen LogP contribution in [0.3, 0.4) is 0 Å². The Morgan fingerprint density at radius 1 is 1.19 bits per heavy atom. The van der Waals surface area contributed by atoms with E-state index in [1.165, 1.54) is 16.5 Å². The molecule has 0 aliphatic carbocycles. The maximum Gasteiger partial charge on any atom is 0.417 e. The van der Waals surface area contributed by atoms with Gasteiger partial charge in [0.1, 0.15) is 5.82 Å². The highest BCUT2D eigenvalue weighted by Gasteiger charge is 2.30. The van der Waals surface area contributed by atoms with Gasteiger partial charge in [0.15, 0.2) is 0 Å². The smallest absolute Gasteiger partial charge is 0.353 e. The molecule has 110 valence electrons. The summed E-state index contributed by atoms with van der Waals surface area (Å²) in [6.45, 7) is 1.44. The van der Waals surface area contributed by atoms with E-state index in [9.17, 15) is 13.2 Å². The fourth-order valence-electron chi connectivity index (χ4n) is 2.30. The van der Waals surface area contributed by atoms with Gasteiger partial charge in [0.25, 0.3) is 0 Å². The first-order valence-corrected chi connectivity index (χ1v) is 7.43. The highest BCUT2D eigenvalue weighted by molar-refractivity contribution is 7.11. The molecule has 3 heterocycles. The topological polar surface area (TPSA) is 16.1 Å². The lowest BCUT2D eigenvalue weighted by atomic mass is 10.1.